The number of ether oxygens (including phenoxy) is 3. The van der Waals surface area contributed by atoms with Crippen LogP contribution in [0.15, 0.2) is 59.1 Å². The number of fused-ring (bicyclic) bond motifs is 1. The first-order chi connectivity index (χ1) is 17.4. The number of hydrogen-bond acceptors (Lipinski definition) is 5. The van der Waals surface area contributed by atoms with Gasteiger partial charge < -0.3 is 14.2 Å². The van der Waals surface area contributed by atoms with E-state index in [0.29, 0.717) is 25.7 Å². The van der Waals surface area contributed by atoms with E-state index in [2.05, 4.69) is 71.1 Å². The summed E-state index contributed by atoms with van der Waals surface area (Å²) in [5, 5.41) is 2.25. The van der Waals surface area contributed by atoms with Crippen molar-refractivity contribution in [3.63, 3.8) is 0 Å². The Morgan fingerprint density at radius 3 is 2.61 bits per heavy atom. The number of carbonyl (C=O) groups is 1. The van der Waals surface area contributed by atoms with Crippen molar-refractivity contribution in [1.29, 1.82) is 0 Å². The molecule has 0 N–H and O–H groups in total. The van der Waals surface area contributed by atoms with Crippen molar-refractivity contribution in [1.82, 2.24) is 4.90 Å². The van der Waals surface area contributed by atoms with Gasteiger partial charge in [-0.1, -0.05) is 56.3 Å². The molecule has 0 aromatic heterocycles. The lowest BCUT2D eigenvalue weighted by Crippen LogP contribution is -2.40. The first-order valence-electron chi connectivity index (χ1n) is 12.7. The summed E-state index contributed by atoms with van der Waals surface area (Å²) in [6, 6.07) is 18.8. The summed E-state index contributed by atoms with van der Waals surface area (Å²) >= 11 is 3.64. The van der Waals surface area contributed by atoms with E-state index in [1.165, 1.54) is 5.56 Å². The molecule has 36 heavy (non-hydrogen) atoms. The number of methoxy groups -OCH3 is 1. The minimum Gasteiger partial charge on any atom is -0.496 e. The fraction of sp³-hybridized carbons (Fsp3) is 0.433. The Bertz CT molecular complexity index is 1180. The molecule has 3 aromatic rings. The van der Waals surface area contributed by atoms with Crippen LogP contribution in [0.25, 0.3) is 10.8 Å². The number of hydrogen-bond donors (Lipinski definition) is 0. The molecular formula is C30H36BrNO4. The number of morpholine rings is 1. The molecule has 1 heterocycles. The Labute approximate surface area is 222 Å². The van der Waals surface area contributed by atoms with Crippen LogP contribution in [-0.4, -0.2) is 50.8 Å². The van der Waals surface area contributed by atoms with Gasteiger partial charge in [0.05, 0.1) is 30.2 Å². The molecule has 1 fully saturated rings. The monoisotopic (exact) mass is 553 g/mol. The van der Waals surface area contributed by atoms with E-state index in [1.54, 1.807) is 7.11 Å². The summed E-state index contributed by atoms with van der Waals surface area (Å²) in [6.07, 6.45) is 1.04. The smallest absolute Gasteiger partial charge is 0.313 e. The molecule has 0 spiro atoms. The summed E-state index contributed by atoms with van der Waals surface area (Å²) in [5.74, 6) is 0.992. The van der Waals surface area contributed by atoms with Crippen molar-refractivity contribution in [3.8, 4) is 5.75 Å². The van der Waals surface area contributed by atoms with Gasteiger partial charge in [-0.2, -0.15) is 0 Å². The minimum atomic E-state index is -0.272. The van der Waals surface area contributed by atoms with Crippen LogP contribution in [0.4, 0.5) is 0 Å². The second-order valence-corrected chi connectivity index (χ2v) is 10.7. The number of esters is 1. The molecule has 4 rings (SSSR count). The predicted octanol–water partition coefficient (Wildman–Crippen LogP) is 6.53. The first kappa shape index (κ1) is 26.6. The summed E-state index contributed by atoms with van der Waals surface area (Å²) in [4.78, 5) is 15.0. The van der Waals surface area contributed by atoms with Crippen LogP contribution in [0.2, 0.25) is 0 Å². The van der Waals surface area contributed by atoms with Gasteiger partial charge in [-0.25, -0.2) is 0 Å². The molecule has 3 aromatic carbocycles. The van der Waals surface area contributed by atoms with Gasteiger partial charge in [0.15, 0.2) is 0 Å². The quantitative estimate of drug-likeness (QED) is 0.282. The highest BCUT2D eigenvalue weighted by molar-refractivity contribution is 9.10. The van der Waals surface area contributed by atoms with Gasteiger partial charge in [-0.3, -0.25) is 9.69 Å². The first-order valence-corrected chi connectivity index (χ1v) is 13.5. The molecule has 1 saturated heterocycles. The third-order valence-electron chi connectivity index (χ3n) is 6.81. The highest BCUT2D eigenvalue weighted by Crippen LogP contribution is 2.35. The lowest BCUT2D eigenvalue weighted by molar-refractivity contribution is -0.146. The SMILES string of the molecule is COc1ccc2cc(C3CN(CCOC(=O)C(C)c4ccc(CC(C)C)cc4)CCO3)ccc2c1Br. The zero-order chi connectivity index (χ0) is 25.7. The number of rotatable bonds is 9. The number of halogens is 1. The molecule has 1 aliphatic heterocycles. The summed E-state index contributed by atoms with van der Waals surface area (Å²) in [6.45, 7) is 9.67. The van der Waals surface area contributed by atoms with E-state index >= 15 is 0 Å². The van der Waals surface area contributed by atoms with E-state index in [-0.39, 0.29) is 18.0 Å². The number of carbonyl (C=O) groups excluding carboxylic acids is 1. The van der Waals surface area contributed by atoms with E-state index < -0.39 is 0 Å². The average Bonchev–Trinajstić information content (AvgIpc) is 2.88. The molecule has 0 radical (unpaired) electrons. The van der Waals surface area contributed by atoms with Crippen molar-refractivity contribution in [3.05, 3.63) is 75.8 Å². The van der Waals surface area contributed by atoms with E-state index in [0.717, 1.165) is 51.6 Å². The van der Waals surface area contributed by atoms with Crippen LogP contribution >= 0.6 is 15.9 Å². The maximum absolute atomic E-state index is 12.7. The Morgan fingerprint density at radius 1 is 1.11 bits per heavy atom. The zero-order valence-corrected chi connectivity index (χ0v) is 23.2. The number of nitrogens with zero attached hydrogens (tertiary/aromatic N) is 1. The Hall–Kier alpha value is -2.41. The van der Waals surface area contributed by atoms with Crippen LogP contribution in [0.3, 0.4) is 0 Å². The second kappa shape index (κ2) is 12.2. The molecule has 2 atom stereocenters. The van der Waals surface area contributed by atoms with Crippen LogP contribution in [0.1, 0.15) is 49.5 Å². The highest BCUT2D eigenvalue weighted by atomic mass is 79.9. The van der Waals surface area contributed by atoms with Crippen molar-refractivity contribution in [2.45, 2.75) is 39.2 Å². The van der Waals surface area contributed by atoms with Gasteiger partial charge in [0, 0.05) is 19.6 Å². The molecule has 0 aliphatic carbocycles. The second-order valence-electron chi connectivity index (χ2n) is 9.95. The summed E-state index contributed by atoms with van der Waals surface area (Å²) < 4.78 is 18.1. The Kier molecular flexibility index (Phi) is 9.04. The van der Waals surface area contributed by atoms with Gasteiger partial charge in [0.25, 0.3) is 0 Å². The topological polar surface area (TPSA) is 48.0 Å². The molecule has 192 valence electrons. The average molecular weight is 555 g/mol. The Balaban J connectivity index is 1.29. The molecule has 0 amide bonds. The molecule has 5 nitrogen and oxygen atoms in total. The molecule has 0 bridgehead atoms. The van der Waals surface area contributed by atoms with E-state index in [1.807, 2.05) is 25.1 Å². The third kappa shape index (κ3) is 6.47. The van der Waals surface area contributed by atoms with E-state index in [4.69, 9.17) is 14.2 Å². The van der Waals surface area contributed by atoms with Gasteiger partial charge in [0.1, 0.15) is 12.4 Å². The van der Waals surface area contributed by atoms with Gasteiger partial charge >= 0.3 is 5.97 Å². The van der Waals surface area contributed by atoms with Gasteiger partial charge in [0.2, 0.25) is 0 Å². The van der Waals surface area contributed by atoms with Crippen molar-refractivity contribution >= 4 is 32.7 Å². The van der Waals surface area contributed by atoms with Crippen molar-refractivity contribution < 1.29 is 19.0 Å². The Morgan fingerprint density at radius 2 is 1.89 bits per heavy atom. The van der Waals surface area contributed by atoms with Crippen molar-refractivity contribution in [2.24, 2.45) is 5.92 Å². The normalized spacial score (nSPS) is 17.3. The van der Waals surface area contributed by atoms with Crippen LogP contribution in [0, 0.1) is 5.92 Å². The number of benzene rings is 3. The minimum absolute atomic E-state index is 0.0111. The van der Waals surface area contributed by atoms with E-state index in [9.17, 15) is 4.79 Å². The summed E-state index contributed by atoms with van der Waals surface area (Å²) in [7, 11) is 1.67. The maximum Gasteiger partial charge on any atom is 0.313 e. The molecule has 1 aliphatic rings. The lowest BCUT2D eigenvalue weighted by Gasteiger charge is -2.33. The standard InChI is InChI=1S/C30H36BrNO4/c1-20(2)17-22-5-7-23(8-6-22)21(3)30(33)36-16-14-32-13-15-35-28(19-32)25-9-11-26-24(18-25)10-12-27(34-4)29(26)31/h5-12,18,20-21,28H,13-17,19H2,1-4H3. The molecular weight excluding hydrogens is 518 g/mol. The van der Waals surface area contributed by atoms with Crippen LogP contribution in [-0.2, 0) is 20.7 Å². The molecule has 2 unspecified atom stereocenters. The fourth-order valence-electron chi connectivity index (χ4n) is 4.71. The van der Waals surface area contributed by atoms with Crippen LogP contribution < -0.4 is 4.74 Å². The third-order valence-corrected chi connectivity index (χ3v) is 7.63. The van der Waals surface area contributed by atoms with Gasteiger partial charge in [-0.05, 0) is 74.8 Å². The highest BCUT2D eigenvalue weighted by Gasteiger charge is 2.23. The largest absolute Gasteiger partial charge is 0.496 e. The van der Waals surface area contributed by atoms with Crippen LogP contribution in [0.5, 0.6) is 5.75 Å². The van der Waals surface area contributed by atoms with Crippen molar-refractivity contribution in [2.75, 3.05) is 40.0 Å². The predicted molar refractivity (Wildman–Crippen MR) is 148 cm³/mol. The molecule has 6 heteroatoms. The maximum atomic E-state index is 12.7. The summed E-state index contributed by atoms with van der Waals surface area (Å²) in [5.41, 5.74) is 3.45. The lowest BCUT2D eigenvalue weighted by atomic mass is 9.97. The fourth-order valence-corrected chi connectivity index (χ4v) is 5.36. The zero-order valence-electron chi connectivity index (χ0n) is 21.6. The molecule has 0 saturated carbocycles. The van der Waals surface area contributed by atoms with Gasteiger partial charge in [-0.15, -0.1) is 0 Å².